The first-order valence-corrected chi connectivity index (χ1v) is 7.32. The van der Waals surface area contributed by atoms with Crippen molar-refractivity contribution in [2.24, 2.45) is 5.73 Å². The van der Waals surface area contributed by atoms with Crippen molar-refractivity contribution in [1.82, 2.24) is 4.98 Å². The first-order valence-electron chi connectivity index (χ1n) is 6.57. The summed E-state index contributed by atoms with van der Waals surface area (Å²) in [6.45, 7) is 0. The number of halogens is 2. The number of carbonyl (C=O) groups excluding carboxylic acids is 1. The average Bonchev–Trinajstić information content (AvgIpc) is 2.46. The second-order valence-electron chi connectivity index (χ2n) is 4.80. The third-order valence-electron chi connectivity index (χ3n) is 2.98. The highest BCUT2D eigenvalue weighted by atomic mass is 35.5. The number of carboxylic acids is 1. The van der Waals surface area contributed by atoms with Crippen LogP contribution in [0.4, 0.5) is 5.69 Å². The summed E-state index contributed by atoms with van der Waals surface area (Å²) >= 11 is 11.5. The van der Waals surface area contributed by atoms with E-state index in [1.165, 1.54) is 12.1 Å². The molecule has 0 saturated carbocycles. The van der Waals surface area contributed by atoms with E-state index in [0.29, 0.717) is 11.3 Å². The number of aromatic nitrogens is 1. The molecule has 6 nitrogen and oxygen atoms in total. The molecule has 2 aromatic rings. The van der Waals surface area contributed by atoms with E-state index in [9.17, 15) is 9.59 Å². The highest BCUT2D eigenvalue weighted by Gasteiger charge is 2.13. The van der Waals surface area contributed by atoms with E-state index >= 15 is 0 Å². The number of benzene rings is 1. The van der Waals surface area contributed by atoms with Gasteiger partial charge in [-0.1, -0.05) is 35.3 Å². The summed E-state index contributed by atoms with van der Waals surface area (Å²) < 4.78 is 0. The summed E-state index contributed by atoms with van der Waals surface area (Å²) in [5, 5.41) is 11.7. The molecule has 1 heterocycles. The molecule has 1 amide bonds. The van der Waals surface area contributed by atoms with Gasteiger partial charge in [0.25, 0.3) is 5.91 Å². The van der Waals surface area contributed by atoms with Crippen molar-refractivity contribution in [1.29, 1.82) is 0 Å². The van der Waals surface area contributed by atoms with Gasteiger partial charge in [-0.25, -0.2) is 4.98 Å². The average molecular weight is 354 g/mol. The number of aliphatic carboxylic acids is 1. The lowest BCUT2D eigenvalue weighted by Gasteiger charge is -2.10. The number of carboxylic acid groups (broad SMARTS) is 1. The van der Waals surface area contributed by atoms with Crippen LogP contribution in [0.5, 0.6) is 0 Å². The quantitative estimate of drug-likeness (QED) is 0.716. The van der Waals surface area contributed by atoms with Crippen molar-refractivity contribution >= 4 is 40.8 Å². The number of hydrogen-bond acceptors (Lipinski definition) is 4. The van der Waals surface area contributed by atoms with Gasteiger partial charge in [0.1, 0.15) is 16.3 Å². The monoisotopic (exact) mass is 353 g/mol. The number of nitrogens with zero attached hydrogens (tertiary/aromatic N) is 1. The van der Waals surface area contributed by atoms with Crippen LogP contribution in [0.2, 0.25) is 10.3 Å². The van der Waals surface area contributed by atoms with E-state index in [1.807, 2.05) is 0 Å². The molecule has 0 saturated heterocycles. The van der Waals surface area contributed by atoms with Crippen LogP contribution in [-0.4, -0.2) is 28.0 Å². The highest BCUT2D eigenvalue weighted by molar-refractivity contribution is 6.33. The molecule has 23 heavy (non-hydrogen) atoms. The maximum atomic E-state index is 12.2. The number of rotatable bonds is 5. The molecular formula is C15H13Cl2N3O3. The van der Waals surface area contributed by atoms with Gasteiger partial charge in [-0.3, -0.25) is 9.59 Å². The highest BCUT2D eigenvalue weighted by Crippen LogP contribution is 2.17. The van der Waals surface area contributed by atoms with Crippen molar-refractivity contribution in [3.05, 3.63) is 57.8 Å². The van der Waals surface area contributed by atoms with Gasteiger partial charge < -0.3 is 16.2 Å². The fourth-order valence-corrected chi connectivity index (χ4v) is 2.38. The first kappa shape index (κ1) is 17.2. The predicted octanol–water partition coefficient (Wildman–Crippen LogP) is 2.60. The number of nitrogens with one attached hydrogen (secondary N) is 1. The Morgan fingerprint density at radius 2 is 1.87 bits per heavy atom. The number of amides is 1. The molecular weight excluding hydrogens is 341 g/mol. The number of pyridine rings is 1. The van der Waals surface area contributed by atoms with Crippen molar-refractivity contribution in [2.75, 3.05) is 5.32 Å². The summed E-state index contributed by atoms with van der Waals surface area (Å²) in [5.74, 6) is -1.49. The molecule has 0 aliphatic carbocycles. The van der Waals surface area contributed by atoms with Gasteiger partial charge in [-0.05, 0) is 36.2 Å². The number of carbonyl (C=O) groups is 2. The van der Waals surface area contributed by atoms with Crippen molar-refractivity contribution < 1.29 is 14.7 Å². The third kappa shape index (κ3) is 4.92. The molecule has 0 radical (unpaired) electrons. The van der Waals surface area contributed by atoms with E-state index in [0.717, 1.165) is 0 Å². The largest absolute Gasteiger partial charge is 0.480 e. The molecule has 1 aromatic heterocycles. The lowest BCUT2D eigenvalue weighted by molar-refractivity contribution is -0.138. The fraction of sp³-hybridized carbons (Fsp3) is 0.133. The zero-order chi connectivity index (χ0) is 17.0. The fourth-order valence-electron chi connectivity index (χ4n) is 1.92. The van der Waals surface area contributed by atoms with Crippen LogP contribution in [0.1, 0.15) is 15.9 Å². The van der Waals surface area contributed by atoms with Crippen molar-refractivity contribution in [3.63, 3.8) is 0 Å². The minimum absolute atomic E-state index is 0.115. The Bertz CT molecular complexity index is 732. The molecule has 0 fully saturated rings. The summed E-state index contributed by atoms with van der Waals surface area (Å²) in [6.07, 6.45) is 0.159. The molecule has 8 heteroatoms. The summed E-state index contributed by atoms with van der Waals surface area (Å²) in [7, 11) is 0. The van der Waals surface area contributed by atoms with Crippen LogP contribution in [0.15, 0.2) is 36.4 Å². The molecule has 1 unspecified atom stereocenters. The first-order chi connectivity index (χ1) is 10.8. The van der Waals surface area contributed by atoms with Crippen LogP contribution in [0.25, 0.3) is 0 Å². The number of nitrogens with two attached hydrogens (primary N) is 1. The maximum Gasteiger partial charge on any atom is 0.320 e. The molecule has 4 N–H and O–H groups in total. The Balaban J connectivity index is 2.13. The second-order valence-corrected chi connectivity index (χ2v) is 5.58. The van der Waals surface area contributed by atoms with Crippen LogP contribution >= 0.6 is 23.2 Å². The molecule has 2 rings (SSSR count). The zero-order valence-electron chi connectivity index (χ0n) is 11.8. The number of anilines is 1. The van der Waals surface area contributed by atoms with Gasteiger partial charge >= 0.3 is 5.97 Å². The minimum atomic E-state index is -1.08. The van der Waals surface area contributed by atoms with E-state index < -0.39 is 17.9 Å². The van der Waals surface area contributed by atoms with Gasteiger partial charge in [0, 0.05) is 11.3 Å². The zero-order valence-corrected chi connectivity index (χ0v) is 13.3. The second kappa shape index (κ2) is 7.41. The lowest BCUT2D eigenvalue weighted by Crippen LogP contribution is -2.32. The summed E-state index contributed by atoms with van der Waals surface area (Å²) in [4.78, 5) is 26.7. The van der Waals surface area contributed by atoms with E-state index in [-0.39, 0.29) is 22.3 Å². The Morgan fingerprint density at radius 1 is 1.22 bits per heavy atom. The van der Waals surface area contributed by atoms with Gasteiger partial charge in [0.05, 0.1) is 0 Å². The Hall–Kier alpha value is -2.15. The Kier molecular flexibility index (Phi) is 5.54. The molecule has 0 aliphatic heterocycles. The van der Waals surface area contributed by atoms with Crippen LogP contribution in [-0.2, 0) is 11.2 Å². The normalized spacial score (nSPS) is 11.8. The predicted molar refractivity (Wildman–Crippen MR) is 88.0 cm³/mol. The number of hydrogen-bond donors (Lipinski definition) is 3. The molecule has 120 valence electrons. The third-order valence-corrected chi connectivity index (χ3v) is 3.37. The van der Waals surface area contributed by atoms with Crippen LogP contribution in [0.3, 0.4) is 0 Å². The summed E-state index contributed by atoms with van der Waals surface area (Å²) in [6, 6.07) is 8.56. The summed E-state index contributed by atoms with van der Waals surface area (Å²) in [5.41, 5.74) is 6.97. The maximum absolute atomic E-state index is 12.2. The molecule has 0 aliphatic rings. The van der Waals surface area contributed by atoms with Gasteiger partial charge in [-0.2, -0.15) is 0 Å². The van der Waals surface area contributed by atoms with Gasteiger partial charge in [0.15, 0.2) is 0 Å². The van der Waals surface area contributed by atoms with E-state index in [4.69, 9.17) is 34.0 Å². The standard InChI is InChI=1S/C15H13Cl2N3O3/c16-12-6-9(7-13(17)20-12)14(21)19-10-3-1-2-8(4-10)5-11(18)15(22)23/h1-4,6-7,11H,5,18H2,(H,19,21)(H,22,23). The van der Waals surface area contributed by atoms with Crippen molar-refractivity contribution in [2.45, 2.75) is 12.5 Å². The van der Waals surface area contributed by atoms with Gasteiger partial charge in [-0.15, -0.1) is 0 Å². The van der Waals surface area contributed by atoms with E-state index in [2.05, 4.69) is 10.3 Å². The van der Waals surface area contributed by atoms with Crippen LogP contribution in [0, 0.1) is 0 Å². The SMILES string of the molecule is NC(Cc1cccc(NC(=O)c2cc(Cl)nc(Cl)c2)c1)C(=O)O. The Morgan fingerprint density at radius 3 is 2.48 bits per heavy atom. The van der Waals surface area contributed by atoms with Crippen LogP contribution < -0.4 is 11.1 Å². The van der Waals surface area contributed by atoms with Gasteiger partial charge in [0.2, 0.25) is 0 Å². The smallest absolute Gasteiger partial charge is 0.320 e. The molecule has 1 atom stereocenters. The lowest BCUT2D eigenvalue weighted by atomic mass is 10.1. The Labute approximate surface area is 142 Å². The minimum Gasteiger partial charge on any atom is -0.480 e. The molecule has 0 bridgehead atoms. The topological polar surface area (TPSA) is 105 Å². The molecule has 0 spiro atoms. The van der Waals surface area contributed by atoms with E-state index in [1.54, 1.807) is 24.3 Å². The molecule has 1 aromatic carbocycles. The van der Waals surface area contributed by atoms with Crippen molar-refractivity contribution in [3.8, 4) is 0 Å².